The van der Waals surface area contributed by atoms with Gasteiger partial charge >= 0.3 is 5.97 Å². The fourth-order valence-electron chi connectivity index (χ4n) is 1.62. The standard InChI is InChI=1S/C13H14N2O3S/c1-8(2)12(17)18-15-10-7-5-4-6-9(10)11(16)14(3)13(15)19/h4-8H,1-3H3. The number of para-hydroxylation sites is 1. The summed E-state index contributed by atoms with van der Waals surface area (Å²) in [6.45, 7) is 3.46. The molecular formula is C13H14N2O3S. The van der Waals surface area contributed by atoms with Crippen LogP contribution < -0.4 is 10.4 Å². The van der Waals surface area contributed by atoms with E-state index in [2.05, 4.69) is 0 Å². The van der Waals surface area contributed by atoms with Crippen LogP contribution in [0.4, 0.5) is 0 Å². The maximum absolute atomic E-state index is 12.1. The van der Waals surface area contributed by atoms with Gasteiger partial charge in [0.05, 0.1) is 16.8 Å². The van der Waals surface area contributed by atoms with Crippen molar-refractivity contribution in [3.05, 3.63) is 39.4 Å². The summed E-state index contributed by atoms with van der Waals surface area (Å²) in [4.78, 5) is 29.1. The van der Waals surface area contributed by atoms with E-state index in [0.29, 0.717) is 10.9 Å². The Kier molecular flexibility index (Phi) is 3.53. The summed E-state index contributed by atoms with van der Waals surface area (Å²) in [7, 11) is 1.55. The van der Waals surface area contributed by atoms with Gasteiger partial charge in [-0.3, -0.25) is 9.36 Å². The van der Waals surface area contributed by atoms with Crippen LogP contribution in [0.5, 0.6) is 0 Å². The Morgan fingerprint density at radius 3 is 2.58 bits per heavy atom. The fourth-order valence-corrected chi connectivity index (χ4v) is 1.84. The van der Waals surface area contributed by atoms with Gasteiger partial charge in [-0.15, -0.1) is 4.73 Å². The SMILES string of the molecule is CC(C)C(=O)On1c(=S)n(C)c(=O)c2ccccc21. The highest BCUT2D eigenvalue weighted by Gasteiger charge is 2.14. The first-order chi connectivity index (χ1) is 8.93. The van der Waals surface area contributed by atoms with Crippen molar-refractivity contribution in [3.8, 4) is 0 Å². The van der Waals surface area contributed by atoms with Crippen molar-refractivity contribution < 1.29 is 9.63 Å². The van der Waals surface area contributed by atoms with Crippen molar-refractivity contribution in [1.29, 1.82) is 0 Å². The molecule has 0 bridgehead atoms. The highest BCUT2D eigenvalue weighted by atomic mass is 32.1. The van der Waals surface area contributed by atoms with Crippen molar-refractivity contribution in [3.63, 3.8) is 0 Å². The van der Waals surface area contributed by atoms with E-state index < -0.39 is 5.97 Å². The second kappa shape index (κ2) is 4.97. The zero-order chi connectivity index (χ0) is 14.2. The molecule has 6 heteroatoms. The Balaban J connectivity index is 2.77. The normalized spacial score (nSPS) is 10.9. The minimum absolute atomic E-state index is 0.151. The second-order valence-electron chi connectivity index (χ2n) is 4.52. The summed E-state index contributed by atoms with van der Waals surface area (Å²) < 4.78 is 2.66. The lowest BCUT2D eigenvalue weighted by molar-refractivity contribution is -0.147. The smallest absolute Gasteiger partial charge is 0.333 e. The van der Waals surface area contributed by atoms with Gasteiger partial charge in [-0.2, -0.15) is 0 Å². The van der Waals surface area contributed by atoms with E-state index in [1.807, 2.05) is 0 Å². The van der Waals surface area contributed by atoms with Crippen LogP contribution >= 0.6 is 12.2 Å². The van der Waals surface area contributed by atoms with Gasteiger partial charge in [0.1, 0.15) is 0 Å². The van der Waals surface area contributed by atoms with Gasteiger partial charge in [0, 0.05) is 7.05 Å². The predicted molar refractivity (Wildman–Crippen MR) is 74.4 cm³/mol. The van der Waals surface area contributed by atoms with E-state index in [9.17, 15) is 9.59 Å². The Labute approximate surface area is 115 Å². The van der Waals surface area contributed by atoms with Crippen LogP contribution in [-0.2, 0) is 11.8 Å². The molecule has 0 fully saturated rings. The molecule has 0 radical (unpaired) electrons. The number of nitrogens with zero attached hydrogens (tertiary/aromatic N) is 2. The van der Waals surface area contributed by atoms with Crippen molar-refractivity contribution in [2.24, 2.45) is 13.0 Å². The minimum atomic E-state index is -0.403. The number of carbonyl (C=O) groups excluding carboxylic acids is 1. The molecule has 0 spiro atoms. The first kappa shape index (κ1) is 13.5. The van der Waals surface area contributed by atoms with Crippen LogP contribution in [0.2, 0.25) is 0 Å². The minimum Gasteiger partial charge on any atom is -0.333 e. The Morgan fingerprint density at radius 2 is 1.95 bits per heavy atom. The number of carbonyl (C=O) groups is 1. The third-order valence-corrected chi connectivity index (χ3v) is 3.21. The molecule has 0 aliphatic rings. The molecule has 0 unspecified atom stereocenters. The number of hydrogen-bond donors (Lipinski definition) is 0. The van der Waals surface area contributed by atoms with Crippen LogP contribution in [0.25, 0.3) is 10.9 Å². The van der Waals surface area contributed by atoms with E-state index in [0.717, 1.165) is 0 Å². The fraction of sp³-hybridized carbons (Fsp3) is 0.308. The molecule has 2 rings (SSSR count). The predicted octanol–water partition coefficient (Wildman–Crippen LogP) is 1.68. The van der Waals surface area contributed by atoms with Crippen LogP contribution in [0.1, 0.15) is 13.8 Å². The molecule has 2 aromatic rings. The van der Waals surface area contributed by atoms with Gasteiger partial charge in [0.2, 0.25) is 4.77 Å². The van der Waals surface area contributed by atoms with Gasteiger partial charge in [-0.05, 0) is 24.4 Å². The molecule has 1 aromatic carbocycles. The summed E-state index contributed by atoms with van der Waals surface area (Å²) in [6.07, 6.45) is 0. The summed E-state index contributed by atoms with van der Waals surface area (Å²) in [5, 5.41) is 0.454. The molecular weight excluding hydrogens is 264 g/mol. The monoisotopic (exact) mass is 278 g/mol. The van der Waals surface area contributed by atoms with E-state index in [1.165, 1.54) is 9.30 Å². The average molecular weight is 278 g/mol. The highest BCUT2D eigenvalue weighted by molar-refractivity contribution is 7.71. The number of rotatable bonds is 2. The molecule has 100 valence electrons. The molecule has 0 saturated heterocycles. The maximum atomic E-state index is 12.1. The first-order valence-electron chi connectivity index (χ1n) is 5.86. The summed E-state index contributed by atoms with van der Waals surface area (Å²) in [5.74, 6) is -0.683. The summed E-state index contributed by atoms with van der Waals surface area (Å²) in [5.41, 5.74) is 0.280. The molecule has 1 heterocycles. The van der Waals surface area contributed by atoms with Gasteiger partial charge < -0.3 is 4.84 Å². The molecule has 0 N–H and O–H groups in total. The molecule has 0 saturated carbocycles. The van der Waals surface area contributed by atoms with Crippen LogP contribution in [0.15, 0.2) is 29.1 Å². The highest BCUT2D eigenvalue weighted by Crippen LogP contribution is 2.10. The Hall–Kier alpha value is -1.95. The molecule has 1 aromatic heterocycles. The van der Waals surface area contributed by atoms with Gasteiger partial charge in [-0.1, -0.05) is 26.0 Å². The lowest BCUT2D eigenvalue weighted by atomic mass is 10.2. The van der Waals surface area contributed by atoms with Gasteiger partial charge in [0.15, 0.2) is 0 Å². The molecule has 0 aliphatic heterocycles. The Morgan fingerprint density at radius 1 is 1.32 bits per heavy atom. The van der Waals surface area contributed by atoms with Crippen molar-refractivity contribution in [1.82, 2.24) is 9.30 Å². The summed E-state index contributed by atoms with van der Waals surface area (Å²) >= 11 is 5.16. The van der Waals surface area contributed by atoms with E-state index in [1.54, 1.807) is 45.2 Å². The van der Waals surface area contributed by atoms with E-state index in [4.69, 9.17) is 17.1 Å². The molecule has 5 nitrogen and oxygen atoms in total. The number of benzene rings is 1. The van der Waals surface area contributed by atoms with Crippen LogP contribution in [-0.4, -0.2) is 15.3 Å². The number of aromatic nitrogens is 2. The Bertz CT molecular complexity index is 759. The number of hydrogen-bond acceptors (Lipinski definition) is 4. The van der Waals surface area contributed by atoms with E-state index >= 15 is 0 Å². The van der Waals surface area contributed by atoms with Crippen molar-refractivity contribution >= 4 is 29.1 Å². The van der Waals surface area contributed by atoms with Crippen LogP contribution in [0.3, 0.4) is 0 Å². The first-order valence-corrected chi connectivity index (χ1v) is 6.27. The van der Waals surface area contributed by atoms with Gasteiger partial charge in [-0.25, -0.2) is 4.79 Å². The molecule has 19 heavy (non-hydrogen) atoms. The quantitative estimate of drug-likeness (QED) is 0.784. The molecule has 0 amide bonds. The van der Waals surface area contributed by atoms with Crippen LogP contribution in [0, 0.1) is 10.7 Å². The average Bonchev–Trinajstić information content (AvgIpc) is 2.40. The van der Waals surface area contributed by atoms with E-state index in [-0.39, 0.29) is 16.2 Å². The zero-order valence-electron chi connectivity index (χ0n) is 10.9. The molecule has 0 atom stereocenters. The lowest BCUT2D eigenvalue weighted by Gasteiger charge is -2.14. The maximum Gasteiger partial charge on any atom is 0.335 e. The third-order valence-electron chi connectivity index (χ3n) is 2.77. The summed E-state index contributed by atoms with van der Waals surface area (Å²) in [6, 6.07) is 6.88. The van der Waals surface area contributed by atoms with Gasteiger partial charge in [0.25, 0.3) is 5.56 Å². The number of fused-ring (bicyclic) bond motifs is 1. The van der Waals surface area contributed by atoms with Crippen molar-refractivity contribution in [2.75, 3.05) is 0 Å². The largest absolute Gasteiger partial charge is 0.335 e. The molecule has 0 aliphatic carbocycles. The topological polar surface area (TPSA) is 53.2 Å². The van der Waals surface area contributed by atoms with Crippen molar-refractivity contribution in [2.45, 2.75) is 13.8 Å². The zero-order valence-corrected chi connectivity index (χ0v) is 11.7. The lowest BCUT2D eigenvalue weighted by Crippen LogP contribution is -2.30. The third kappa shape index (κ3) is 2.31. The second-order valence-corrected chi connectivity index (χ2v) is 4.89.